The van der Waals surface area contributed by atoms with Gasteiger partial charge in [0.1, 0.15) is 23.1 Å². The molecule has 0 aliphatic carbocycles. The molecule has 2 N–H and O–H groups in total. The van der Waals surface area contributed by atoms with Gasteiger partial charge in [-0.3, -0.25) is 0 Å². The number of rotatable bonds is 5. The van der Waals surface area contributed by atoms with E-state index in [2.05, 4.69) is 0 Å². The first kappa shape index (κ1) is 15.6. The van der Waals surface area contributed by atoms with Crippen LogP contribution >= 0.6 is 23.8 Å². The van der Waals surface area contributed by atoms with Crippen molar-refractivity contribution in [3.8, 4) is 11.5 Å². The second-order valence-electron chi connectivity index (χ2n) is 4.58. The molecule has 0 amide bonds. The minimum atomic E-state index is 0.215. The topological polar surface area (TPSA) is 44.5 Å². The predicted octanol–water partition coefficient (Wildman–Crippen LogP) is 3.87. The van der Waals surface area contributed by atoms with Crippen LogP contribution in [0, 0.1) is 6.92 Å². The summed E-state index contributed by atoms with van der Waals surface area (Å²) < 4.78 is 11.2. The zero-order chi connectivity index (χ0) is 15.4. The number of benzene rings is 2. The van der Waals surface area contributed by atoms with Crippen molar-refractivity contribution >= 4 is 28.8 Å². The van der Waals surface area contributed by atoms with Crippen LogP contribution in [0.1, 0.15) is 16.7 Å². The third kappa shape index (κ3) is 3.65. The summed E-state index contributed by atoms with van der Waals surface area (Å²) in [5.41, 5.74) is 8.35. The summed E-state index contributed by atoms with van der Waals surface area (Å²) in [5, 5.41) is 0.483. The largest absolute Gasteiger partial charge is 0.496 e. The van der Waals surface area contributed by atoms with Gasteiger partial charge in [0, 0.05) is 5.56 Å². The van der Waals surface area contributed by atoms with Crippen LogP contribution in [-0.4, -0.2) is 12.1 Å². The van der Waals surface area contributed by atoms with Crippen molar-refractivity contribution in [2.24, 2.45) is 5.73 Å². The van der Waals surface area contributed by atoms with Crippen molar-refractivity contribution in [2.75, 3.05) is 7.11 Å². The molecule has 110 valence electrons. The van der Waals surface area contributed by atoms with E-state index in [0.29, 0.717) is 22.9 Å². The molecule has 0 aliphatic heterocycles. The summed E-state index contributed by atoms with van der Waals surface area (Å²) in [4.78, 5) is 0.215. The molecule has 0 radical (unpaired) electrons. The maximum Gasteiger partial charge on any atom is 0.131 e. The molecule has 0 heterocycles. The first-order valence-electron chi connectivity index (χ1n) is 6.37. The average Bonchev–Trinajstić information content (AvgIpc) is 2.44. The number of ether oxygens (including phenoxy) is 2. The molecule has 3 nitrogen and oxygen atoms in total. The van der Waals surface area contributed by atoms with Crippen LogP contribution in [0.25, 0.3) is 0 Å². The Labute approximate surface area is 134 Å². The molecule has 0 unspecified atom stereocenters. The Morgan fingerprint density at radius 2 is 2.00 bits per heavy atom. The second kappa shape index (κ2) is 6.78. The van der Waals surface area contributed by atoms with Gasteiger partial charge in [-0.1, -0.05) is 41.5 Å². The summed E-state index contributed by atoms with van der Waals surface area (Å²) in [6.07, 6.45) is 0. The molecule has 2 aromatic rings. The number of methoxy groups -OCH3 is 1. The summed E-state index contributed by atoms with van der Waals surface area (Å²) >= 11 is 11.1. The normalized spacial score (nSPS) is 10.2. The summed E-state index contributed by atoms with van der Waals surface area (Å²) in [6.45, 7) is 2.36. The Kier molecular flexibility index (Phi) is 5.04. The van der Waals surface area contributed by atoms with Crippen molar-refractivity contribution in [3.63, 3.8) is 0 Å². The van der Waals surface area contributed by atoms with Gasteiger partial charge in [-0.25, -0.2) is 0 Å². The quantitative estimate of drug-likeness (QED) is 0.849. The number of halogens is 1. The lowest BCUT2D eigenvalue weighted by atomic mass is 10.1. The van der Waals surface area contributed by atoms with Gasteiger partial charge in [0.15, 0.2) is 0 Å². The molecule has 21 heavy (non-hydrogen) atoms. The molecule has 0 fully saturated rings. The zero-order valence-corrected chi connectivity index (χ0v) is 13.4. The predicted molar refractivity (Wildman–Crippen MR) is 89.4 cm³/mol. The second-order valence-corrected chi connectivity index (χ2v) is 5.43. The minimum Gasteiger partial charge on any atom is -0.496 e. The molecule has 5 heteroatoms. The van der Waals surface area contributed by atoms with Crippen molar-refractivity contribution in [1.82, 2.24) is 0 Å². The molecule has 0 spiro atoms. The molecule has 2 aromatic carbocycles. The van der Waals surface area contributed by atoms with Gasteiger partial charge in [-0.15, -0.1) is 0 Å². The number of thiocarbonyl (C=S) groups is 1. The number of hydrogen-bond acceptors (Lipinski definition) is 3. The molecule has 0 saturated carbocycles. The molecule has 0 aliphatic rings. The molecular formula is C16H16ClNO2S. The molecule has 0 atom stereocenters. The van der Waals surface area contributed by atoms with Crippen LogP contribution in [0.5, 0.6) is 11.5 Å². The lowest BCUT2D eigenvalue weighted by molar-refractivity contribution is 0.296. The van der Waals surface area contributed by atoms with E-state index < -0.39 is 0 Å². The van der Waals surface area contributed by atoms with Gasteiger partial charge in [0.25, 0.3) is 0 Å². The summed E-state index contributed by atoms with van der Waals surface area (Å²) in [7, 11) is 1.63. The number of nitrogens with two attached hydrogens (primary N) is 1. The van der Waals surface area contributed by atoms with Gasteiger partial charge >= 0.3 is 0 Å². The van der Waals surface area contributed by atoms with Gasteiger partial charge in [-0.2, -0.15) is 0 Å². The molecule has 0 saturated heterocycles. The minimum absolute atomic E-state index is 0.215. The van der Waals surface area contributed by atoms with Crippen LogP contribution in [-0.2, 0) is 6.61 Å². The Bertz CT molecular complexity index is 673. The molecule has 0 aromatic heterocycles. The highest BCUT2D eigenvalue weighted by molar-refractivity contribution is 7.80. The SMILES string of the molecule is COc1ccc(C)cc1COc1cccc(Cl)c1C(N)=S. The standard InChI is InChI=1S/C16H16ClNO2S/c1-10-6-7-13(19-2)11(8-10)9-20-14-5-3-4-12(17)15(14)16(18)21/h3-8H,9H2,1-2H3,(H2,18,21). The Hall–Kier alpha value is -1.78. The lowest BCUT2D eigenvalue weighted by Crippen LogP contribution is -2.12. The first-order valence-corrected chi connectivity index (χ1v) is 7.16. The summed E-state index contributed by atoms with van der Waals surface area (Å²) in [6, 6.07) is 11.2. The van der Waals surface area contributed by atoms with E-state index in [-0.39, 0.29) is 4.99 Å². The zero-order valence-electron chi connectivity index (χ0n) is 11.9. The molecular weight excluding hydrogens is 306 g/mol. The third-order valence-corrected chi connectivity index (χ3v) is 3.56. The van der Waals surface area contributed by atoms with Crippen LogP contribution in [0.4, 0.5) is 0 Å². The molecule has 2 rings (SSSR count). The Morgan fingerprint density at radius 3 is 2.67 bits per heavy atom. The van der Waals surface area contributed by atoms with Crippen LogP contribution in [0.15, 0.2) is 36.4 Å². The maximum absolute atomic E-state index is 6.12. The summed E-state index contributed by atoms with van der Waals surface area (Å²) in [5.74, 6) is 1.35. The number of aryl methyl sites for hydroxylation is 1. The van der Waals surface area contributed by atoms with E-state index in [0.717, 1.165) is 16.9 Å². The Balaban J connectivity index is 2.27. The van der Waals surface area contributed by atoms with Crippen LogP contribution < -0.4 is 15.2 Å². The number of hydrogen-bond donors (Lipinski definition) is 1. The van der Waals surface area contributed by atoms with E-state index in [1.807, 2.05) is 25.1 Å². The van der Waals surface area contributed by atoms with Crippen molar-refractivity contribution in [2.45, 2.75) is 13.5 Å². The van der Waals surface area contributed by atoms with E-state index in [9.17, 15) is 0 Å². The maximum atomic E-state index is 6.12. The van der Waals surface area contributed by atoms with E-state index in [1.165, 1.54) is 0 Å². The van der Waals surface area contributed by atoms with Crippen molar-refractivity contribution < 1.29 is 9.47 Å². The van der Waals surface area contributed by atoms with Crippen LogP contribution in [0.2, 0.25) is 5.02 Å². The monoisotopic (exact) mass is 321 g/mol. The smallest absolute Gasteiger partial charge is 0.131 e. The highest BCUT2D eigenvalue weighted by atomic mass is 35.5. The highest BCUT2D eigenvalue weighted by Crippen LogP contribution is 2.28. The van der Waals surface area contributed by atoms with Gasteiger partial charge in [0.05, 0.1) is 17.7 Å². The third-order valence-electron chi connectivity index (χ3n) is 3.04. The molecule has 0 bridgehead atoms. The van der Waals surface area contributed by atoms with Crippen molar-refractivity contribution in [1.29, 1.82) is 0 Å². The van der Waals surface area contributed by atoms with Crippen molar-refractivity contribution in [3.05, 3.63) is 58.1 Å². The fraction of sp³-hybridized carbons (Fsp3) is 0.188. The Morgan fingerprint density at radius 1 is 1.24 bits per heavy atom. The fourth-order valence-electron chi connectivity index (χ4n) is 2.04. The van der Waals surface area contributed by atoms with Crippen LogP contribution in [0.3, 0.4) is 0 Å². The van der Waals surface area contributed by atoms with E-state index >= 15 is 0 Å². The fourth-order valence-corrected chi connectivity index (χ4v) is 2.57. The average molecular weight is 322 g/mol. The van der Waals surface area contributed by atoms with E-state index in [4.69, 9.17) is 39.0 Å². The van der Waals surface area contributed by atoms with Gasteiger partial charge in [0.2, 0.25) is 0 Å². The van der Waals surface area contributed by atoms with Gasteiger partial charge in [-0.05, 0) is 31.2 Å². The van der Waals surface area contributed by atoms with E-state index in [1.54, 1.807) is 25.3 Å². The van der Waals surface area contributed by atoms with Gasteiger partial charge < -0.3 is 15.2 Å². The highest BCUT2D eigenvalue weighted by Gasteiger charge is 2.12. The first-order chi connectivity index (χ1) is 10.0. The lowest BCUT2D eigenvalue weighted by Gasteiger charge is -2.14.